The maximum atomic E-state index is 13.6. The average molecular weight is 512 g/mol. The van der Waals surface area contributed by atoms with Gasteiger partial charge in [0.05, 0.1) is 19.1 Å². The van der Waals surface area contributed by atoms with Gasteiger partial charge in [0, 0.05) is 16.3 Å². The third-order valence-corrected chi connectivity index (χ3v) is 6.54. The van der Waals surface area contributed by atoms with E-state index in [2.05, 4.69) is 10.6 Å². The summed E-state index contributed by atoms with van der Waals surface area (Å²) in [6.45, 7) is 0. The van der Waals surface area contributed by atoms with Crippen LogP contribution in [0.15, 0.2) is 117 Å². The fraction of sp³-hybridized carbons (Fsp3) is 0.0357. The Balaban J connectivity index is 1.45. The molecule has 1 aromatic heterocycles. The van der Waals surface area contributed by atoms with Gasteiger partial charge in [0.1, 0.15) is 16.4 Å². The number of carbonyl (C=O) groups is 3. The van der Waals surface area contributed by atoms with Gasteiger partial charge in [-0.3, -0.25) is 14.4 Å². The van der Waals surface area contributed by atoms with Crippen molar-refractivity contribution in [2.75, 3.05) is 22.6 Å². The largest absolute Gasteiger partial charge is 0.497 e. The second-order valence-electron chi connectivity index (χ2n) is 7.90. The molecule has 0 radical (unpaired) electrons. The van der Waals surface area contributed by atoms with Crippen molar-refractivity contribution < 1.29 is 23.5 Å². The van der Waals surface area contributed by atoms with Crippen molar-refractivity contribution >= 4 is 46.5 Å². The highest BCUT2D eigenvalue weighted by atomic mass is 32.2. The SMILES string of the molecule is COc1ccc(N2C(=O)C(Nc3ccccc3)=C(Sc3cccc(NC(=O)c4ccco4)c3)C2=O)cc1. The van der Waals surface area contributed by atoms with E-state index in [0.29, 0.717) is 27.7 Å². The molecule has 4 aromatic rings. The molecule has 0 spiro atoms. The van der Waals surface area contributed by atoms with Crippen LogP contribution in [0.3, 0.4) is 0 Å². The molecule has 0 fully saturated rings. The molecular formula is C28H21N3O5S. The first-order chi connectivity index (χ1) is 18.0. The number of methoxy groups -OCH3 is 1. The van der Waals surface area contributed by atoms with E-state index in [-0.39, 0.29) is 16.4 Å². The topological polar surface area (TPSA) is 101 Å². The van der Waals surface area contributed by atoms with Crippen LogP contribution in [0.2, 0.25) is 0 Å². The number of nitrogens with zero attached hydrogens (tertiary/aromatic N) is 1. The van der Waals surface area contributed by atoms with Gasteiger partial charge in [-0.05, 0) is 66.7 Å². The zero-order valence-corrected chi connectivity index (χ0v) is 20.5. The number of anilines is 3. The second-order valence-corrected chi connectivity index (χ2v) is 8.98. The van der Waals surface area contributed by atoms with Crippen LogP contribution in [0.4, 0.5) is 17.1 Å². The van der Waals surface area contributed by atoms with Crippen LogP contribution < -0.4 is 20.3 Å². The van der Waals surface area contributed by atoms with Crippen LogP contribution >= 0.6 is 11.8 Å². The molecule has 3 amide bonds. The number of thioether (sulfide) groups is 1. The molecule has 0 aliphatic carbocycles. The van der Waals surface area contributed by atoms with Gasteiger partial charge >= 0.3 is 0 Å². The van der Waals surface area contributed by atoms with Crippen molar-refractivity contribution in [1.82, 2.24) is 0 Å². The maximum absolute atomic E-state index is 13.6. The summed E-state index contributed by atoms with van der Waals surface area (Å²) in [5.74, 6) is -0.522. The molecule has 1 aliphatic rings. The molecule has 2 heterocycles. The first-order valence-electron chi connectivity index (χ1n) is 11.3. The second kappa shape index (κ2) is 10.5. The molecule has 0 unspecified atom stereocenters. The normalized spacial score (nSPS) is 13.2. The number of benzene rings is 3. The molecule has 0 bridgehead atoms. The van der Waals surface area contributed by atoms with E-state index in [1.807, 2.05) is 30.3 Å². The Labute approximate surface area is 216 Å². The third-order valence-electron chi connectivity index (χ3n) is 5.47. The Hall–Kier alpha value is -4.76. The van der Waals surface area contributed by atoms with E-state index in [1.54, 1.807) is 67.8 Å². The summed E-state index contributed by atoms with van der Waals surface area (Å²) < 4.78 is 10.3. The lowest BCUT2D eigenvalue weighted by atomic mass is 10.2. The van der Waals surface area contributed by atoms with Crippen molar-refractivity contribution in [3.8, 4) is 5.75 Å². The molecule has 1 aliphatic heterocycles. The van der Waals surface area contributed by atoms with Gasteiger partial charge in [-0.2, -0.15) is 0 Å². The summed E-state index contributed by atoms with van der Waals surface area (Å²) in [5, 5.41) is 5.89. The quantitative estimate of drug-likeness (QED) is 0.300. The standard InChI is InChI=1S/C28H21N3O5S/c1-35-21-14-12-20(13-15-21)31-27(33)24(29-18-7-3-2-4-8-18)25(28(31)34)37-22-10-5-9-19(17-22)30-26(32)23-11-6-16-36-23/h2-17,29H,1H3,(H,30,32). The highest BCUT2D eigenvalue weighted by Gasteiger charge is 2.40. The smallest absolute Gasteiger partial charge is 0.291 e. The van der Waals surface area contributed by atoms with Crippen LogP contribution in [-0.4, -0.2) is 24.8 Å². The lowest BCUT2D eigenvalue weighted by Crippen LogP contribution is -2.32. The highest BCUT2D eigenvalue weighted by molar-refractivity contribution is 8.04. The van der Waals surface area contributed by atoms with Crippen LogP contribution in [0.25, 0.3) is 0 Å². The molecule has 37 heavy (non-hydrogen) atoms. The van der Waals surface area contributed by atoms with Crippen molar-refractivity contribution in [3.05, 3.63) is 114 Å². The number of hydrogen-bond acceptors (Lipinski definition) is 7. The number of furan rings is 1. The average Bonchev–Trinajstić information content (AvgIpc) is 3.54. The number of nitrogens with one attached hydrogen (secondary N) is 2. The van der Waals surface area contributed by atoms with Crippen LogP contribution in [-0.2, 0) is 9.59 Å². The fourth-order valence-corrected chi connectivity index (χ4v) is 4.69. The van der Waals surface area contributed by atoms with Gasteiger partial charge in [-0.25, -0.2) is 4.90 Å². The molecule has 9 heteroatoms. The van der Waals surface area contributed by atoms with Crippen LogP contribution in [0, 0.1) is 0 Å². The first kappa shape index (κ1) is 24.0. The van der Waals surface area contributed by atoms with Gasteiger partial charge in [-0.15, -0.1) is 0 Å². The summed E-state index contributed by atoms with van der Waals surface area (Å²) in [6.07, 6.45) is 1.42. The number of carbonyl (C=O) groups excluding carboxylic acids is 3. The molecule has 3 aromatic carbocycles. The van der Waals surface area contributed by atoms with E-state index in [1.165, 1.54) is 6.26 Å². The number of hydrogen-bond donors (Lipinski definition) is 2. The van der Waals surface area contributed by atoms with E-state index < -0.39 is 17.7 Å². The Morgan fingerprint density at radius 3 is 2.32 bits per heavy atom. The molecule has 184 valence electrons. The van der Waals surface area contributed by atoms with Gasteiger partial charge in [-0.1, -0.05) is 36.0 Å². The molecule has 0 saturated carbocycles. The van der Waals surface area contributed by atoms with Crippen molar-refractivity contribution in [1.29, 1.82) is 0 Å². The van der Waals surface area contributed by atoms with Crippen LogP contribution in [0.5, 0.6) is 5.75 Å². The molecule has 0 saturated heterocycles. The molecule has 0 atom stereocenters. The summed E-state index contributed by atoms with van der Waals surface area (Å²) in [6, 6.07) is 26.1. The van der Waals surface area contributed by atoms with E-state index in [0.717, 1.165) is 16.7 Å². The Kier molecular flexibility index (Phi) is 6.78. The van der Waals surface area contributed by atoms with E-state index in [9.17, 15) is 14.4 Å². The van der Waals surface area contributed by atoms with Crippen molar-refractivity contribution in [2.45, 2.75) is 4.90 Å². The Morgan fingerprint density at radius 2 is 1.62 bits per heavy atom. The minimum atomic E-state index is -0.469. The molecule has 5 rings (SSSR count). The number of ether oxygens (including phenoxy) is 1. The zero-order chi connectivity index (χ0) is 25.8. The lowest BCUT2D eigenvalue weighted by molar-refractivity contribution is -0.120. The number of imide groups is 1. The molecular weight excluding hydrogens is 490 g/mol. The predicted octanol–water partition coefficient (Wildman–Crippen LogP) is 5.53. The van der Waals surface area contributed by atoms with Gasteiger partial charge in [0.15, 0.2) is 5.76 Å². The summed E-state index contributed by atoms with van der Waals surface area (Å²) in [7, 11) is 1.55. The summed E-state index contributed by atoms with van der Waals surface area (Å²) >= 11 is 1.14. The zero-order valence-electron chi connectivity index (χ0n) is 19.6. The first-order valence-corrected chi connectivity index (χ1v) is 12.1. The maximum Gasteiger partial charge on any atom is 0.291 e. The van der Waals surface area contributed by atoms with Gasteiger partial charge in [0.25, 0.3) is 17.7 Å². The third kappa shape index (κ3) is 5.12. The van der Waals surface area contributed by atoms with Gasteiger partial charge < -0.3 is 19.8 Å². The van der Waals surface area contributed by atoms with Crippen molar-refractivity contribution in [2.24, 2.45) is 0 Å². The number of rotatable bonds is 8. The number of amides is 3. The minimum Gasteiger partial charge on any atom is -0.497 e. The minimum absolute atomic E-state index is 0.169. The van der Waals surface area contributed by atoms with E-state index in [4.69, 9.17) is 9.15 Å². The highest BCUT2D eigenvalue weighted by Crippen LogP contribution is 2.38. The molecule has 2 N–H and O–H groups in total. The predicted molar refractivity (Wildman–Crippen MR) is 142 cm³/mol. The van der Waals surface area contributed by atoms with Gasteiger partial charge in [0.2, 0.25) is 0 Å². The lowest BCUT2D eigenvalue weighted by Gasteiger charge is -2.15. The Bertz CT molecular complexity index is 1480. The Morgan fingerprint density at radius 1 is 0.865 bits per heavy atom. The monoisotopic (exact) mass is 511 g/mol. The molecule has 8 nitrogen and oxygen atoms in total. The summed E-state index contributed by atoms with van der Waals surface area (Å²) in [5.41, 5.74) is 1.79. The fourth-order valence-electron chi connectivity index (χ4n) is 3.70. The van der Waals surface area contributed by atoms with Crippen LogP contribution in [0.1, 0.15) is 10.6 Å². The van der Waals surface area contributed by atoms with Crippen molar-refractivity contribution in [3.63, 3.8) is 0 Å². The summed E-state index contributed by atoms with van der Waals surface area (Å²) in [4.78, 5) is 41.5. The number of para-hydroxylation sites is 1. The van der Waals surface area contributed by atoms with E-state index >= 15 is 0 Å².